The molecule has 0 radical (unpaired) electrons. The van der Waals surface area contributed by atoms with Crippen molar-refractivity contribution < 1.29 is 14.6 Å². The molecule has 1 heterocycles. The molecule has 0 aliphatic carbocycles. The number of nitrogens with zero attached hydrogens (tertiary/aromatic N) is 2. The number of likely N-dealkylation sites (tertiary alicyclic amines) is 1. The van der Waals surface area contributed by atoms with E-state index in [9.17, 15) is 4.79 Å². The fourth-order valence-corrected chi connectivity index (χ4v) is 2.12. The molecular formula is C14H28N2O3. The van der Waals surface area contributed by atoms with Crippen molar-refractivity contribution in [2.45, 2.75) is 39.2 Å². The highest BCUT2D eigenvalue weighted by atomic mass is 16.6. The van der Waals surface area contributed by atoms with E-state index in [4.69, 9.17) is 9.84 Å². The minimum absolute atomic E-state index is 0.266. The Hall–Kier alpha value is -0.810. The Morgan fingerprint density at radius 2 is 1.95 bits per heavy atom. The average Bonchev–Trinajstić information content (AvgIpc) is 2.34. The van der Waals surface area contributed by atoms with E-state index >= 15 is 0 Å². The van der Waals surface area contributed by atoms with Crippen molar-refractivity contribution in [1.82, 2.24) is 9.80 Å². The largest absolute Gasteiger partial charge is 0.444 e. The van der Waals surface area contributed by atoms with Crippen molar-refractivity contribution in [1.29, 1.82) is 0 Å². The zero-order valence-corrected chi connectivity index (χ0v) is 12.7. The number of hydrogen-bond donors (Lipinski definition) is 1. The number of likely N-dealkylation sites (N-methyl/N-ethyl adjacent to an activating group) is 1. The Kier molecular flexibility index (Phi) is 6.07. The second-order valence-electron chi connectivity index (χ2n) is 6.37. The van der Waals surface area contributed by atoms with Crippen LogP contribution in [0.15, 0.2) is 0 Å². The van der Waals surface area contributed by atoms with Crippen LogP contribution in [-0.4, -0.2) is 66.4 Å². The predicted octanol–water partition coefficient (Wildman–Crippen LogP) is 1.56. The zero-order chi connectivity index (χ0) is 14.5. The van der Waals surface area contributed by atoms with E-state index in [0.29, 0.717) is 19.1 Å². The minimum Gasteiger partial charge on any atom is -0.444 e. The van der Waals surface area contributed by atoms with Crippen LogP contribution in [-0.2, 0) is 4.74 Å². The van der Waals surface area contributed by atoms with Crippen molar-refractivity contribution in [2.75, 3.05) is 39.8 Å². The van der Waals surface area contributed by atoms with E-state index in [1.165, 1.54) is 0 Å². The van der Waals surface area contributed by atoms with Gasteiger partial charge in [0.2, 0.25) is 0 Å². The number of rotatable bonds is 4. The van der Waals surface area contributed by atoms with Gasteiger partial charge in [0.15, 0.2) is 0 Å². The summed E-state index contributed by atoms with van der Waals surface area (Å²) < 4.78 is 5.31. The van der Waals surface area contributed by atoms with E-state index in [0.717, 1.165) is 32.5 Å². The highest BCUT2D eigenvalue weighted by molar-refractivity contribution is 5.67. The van der Waals surface area contributed by atoms with Gasteiger partial charge in [0.05, 0.1) is 0 Å². The summed E-state index contributed by atoms with van der Waals surface area (Å²) in [5, 5.41) is 9.09. The van der Waals surface area contributed by atoms with Gasteiger partial charge in [0.25, 0.3) is 0 Å². The van der Waals surface area contributed by atoms with Crippen LogP contribution >= 0.6 is 0 Å². The number of amides is 1. The minimum atomic E-state index is -0.440. The quantitative estimate of drug-likeness (QED) is 0.844. The second kappa shape index (κ2) is 7.10. The maximum absolute atomic E-state index is 11.8. The summed E-state index contributed by atoms with van der Waals surface area (Å²) in [5.41, 5.74) is -0.440. The molecule has 19 heavy (non-hydrogen) atoms. The summed E-state index contributed by atoms with van der Waals surface area (Å²) in [6.45, 7) is 9.48. The third-order valence-corrected chi connectivity index (χ3v) is 3.42. The van der Waals surface area contributed by atoms with E-state index < -0.39 is 5.60 Å². The van der Waals surface area contributed by atoms with Crippen LogP contribution in [0.25, 0.3) is 0 Å². The smallest absolute Gasteiger partial charge is 0.410 e. The third-order valence-electron chi connectivity index (χ3n) is 3.42. The number of carbonyl (C=O) groups excluding carboxylic acids is 1. The van der Waals surface area contributed by atoms with Gasteiger partial charge < -0.3 is 19.6 Å². The highest BCUT2D eigenvalue weighted by Gasteiger charge is 2.21. The van der Waals surface area contributed by atoms with E-state index in [1.54, 1.807) is 11.9 Å². The van der Waals surface area contributed by atoms with Crippen molar-refractivity contribution in [2.24, 2.45) is 5.92 Å². The lowest BCUT2D eigenvalue weighted by Crippen LogP contribution is -2.42. The van der Waals surface area contributed by atoms with Gasteiger partial charge in [-0.25, -0.2) is 4.79 Å². The normalized spacial score (nSPS) is 18.4. The summed E-state index contributed by atoms with van der Waals surface area (Å²) in [5.74, 6) is 0.458. The molecule has 1 amide bonds. The molecule has 1 saturated heterocycles. The second-order valence-corrected chi connectivity index (χ2v) is 6.37. The number of aliphatic hydroxyl groups excluding tert-OH is 1. The molecule has 0 saturated carbocycles. The lowest BCUT2D eigenvalue weighted by Gasteiger charge is -2.32. The van der Waals surface area contributed by atoms with Crippen molar-refractivity contribution in [3.05, 3.63) is 0 Å². The van der Waals surface area contributed by atoms with Crippen LogP contribution in [0.1, 0.15) is 33.6 Å². The Morgan fingerprint density at radius 3 is 2.42 bits per heavy atom. The standard InChI is InChI=1S/C14H28N2O3/c1-14(2,3)19-13(18)15(4)9-10-16-7-5-12(11-17)6-8-16/h12,17H,5-11H2,1-4H3. The van der Waals surface area contributed by atoms with Crippen LogP contribution in [0.5, 0.6) is 0 Å². The first-order valence-electron chi connectivity index (χ1n) is 7.09. The molecule has 5 heteroatoms. The number of carbonyl (C=O) groups is 1. The van der Waals surface area contributed by atoms with Crippen LogP contribution < -0.4 is 0 Å². The third kappa shape index (κ3) is 6.25. The Labute approximate surface area is 116 Å². The summed E-state index contributed by atoms with van der Waals surface area (Å²) in [6.07, 6.45) is 1.83. The van der Waals surface area contributed by atoms with Gasteiger partial charge in [0, 0.05) is 26.7 Å². The summed E-state index contributed by atoms with van der Waals surface area (Å²) in [6, 6.07) is 0. The van der Waals surface area contributed by atoms with Crippen molar-refractivity contribution in [3.8, 4) is 0 Å². The fourth-order valence-electron chi connectivity index (χ4n) is 2.12. The number of ether oxygens (including phenoxy) is 1. The lowest BCUT2D eigenvalue weighted by atomic mass is 9.98. The molecular weight excluding hydrogens is 244 g/mol. The molecule has 0 aromatic heterocycles. The maximum atomic E-state index is 11.8. The summed E-state index contributed by atoms with van der Waals surface area (Å²) in [4.78, 5) is 15.8. The predicted molar refractivity (Wildman–Crippen MR) is 75.1 cm³/mol. The molecule has 112 valence electrons. The summed E-state index contributed by atoms with van der Waals surface area (Å²) >= 11 is 0. The molecule has 1 aliphatic heterocycles. The molecule has 1 N–H and O–H groups in total. The van der Waals surface area contributed by atoms with Gasteiger partial charge in [-0.05, 0) is 52.6 Å². The van der Waals surface area contributed by atoms with Gasteiger partial charge in [-0.15, -0.1) is 0 Å². The Balaban J connectivity index is 2.23. The molecule has 1 rings (SSSR count). The first kappa shape index (κ1) is 16.2. The molecule has 1 aliphatic rings. The van der Waals surface area contributed by atoms with Gasteiger partial charge >= 0.3 is 6.09 Å². The summed E-state index contributed by atoms with van der Waals surface area (Å²) in [7, 11) is 1.77. The highest BCUT2D eigenvalue weighted by Crippen LogP contribution is 2.16. The molecule has 0 unspecified atom stereocenters. The van der Waals surface area contributed by atoms with Crippen molar-refractivity contribution >= 4 is 6.09 Å². The molecule has 1 fully saturated rings. The van der Waals surface area contributed by atoms with Gasteiger partial charge in [-0.1, -0.05) is 0 Å². The van der Waals surface area contributed by atoms with Crippen LogP contribution in [0.4, 0.5) is 4.79 Å². The molecule has 5 nitrogen and oxygen atoms in total. The molecule has 0 aromatic rings. The molecule has 0 atom stereocenters. The van der Waals surface area contributed by atoms with Crippen LogP contribution in [0.3, 0.4) is 0 Å². The molecule has 0 aromatic carbocycles. The van der Waals surface area contributed by atoms with E-state index in [2.05, 4.69) is 4.90 Å². The van der Waals surface area contributed by atoms with Gasteiger partial charge in [-0.2, -0.15) is 0 Å². The fraction of sp³-hybridized carbons (Fsp3) is 0.929. The van der Waals surface area contributed by atoms with E-state index in [-0.39, 0.29) is 6.09 Å². The first-order chi connectivity index (χ1) is 8.81. The maximum Gasteiger partial charge on any atom is 0.410 e. The SMILES string of the molecule is CN(CCN1CCC(CO)CC1)C(=O)OC(C)(C)C. The zero-order valence-electron chi connectivity index (χ0n) is 12.7. The van der Waals surface area contributed by atoms with Gasteiger partial charge in [-0.3, -0.25) is 0 Å². The topological polar surface area (TPSA) is 53.0 Å². The number of piperidine rings is 1. The Morgan fingerprint density at radius 1 is 1.37 bits per heavy atom. The van der Waals surface area contributed by atoms with Gasteiger partial charge in [0.1, 0.15) is 5.60 Å². The van der Waals surface area contributed by atoms with E-state index in [1.807, 2.05) is 20.8 Å². The lowest BCUT2D eigenvalue weighted by molar-refractivity contribution is 0.0273. The average molecular weight is 272 g/mol. The van der Waals surface area contributed by atoms with Crippen molar-refractivity contribution in [3.63, 3.8) is 0 Å². The van der Waals surface area contributed by atoms with Crippen LogP contribution in [0.2, 0.25) is 0 Å². The Bertz CT molecular complexity index is 281. The number of aliphatic hydroxyl groups is 1. The molecule has 0 spiro atoms. The molecule has 0 bridgehead atoms. The monoisotopic (exact) mass is 272 g/mol. The van der Waals surface area contributed by atoms with Crippen LogP contribution in [0, 0.1) is 5.92 Å². The first-order valence-corrected chi connectivity index (χ1v) is 7.09. The number of hydrogen-bond acceptors (Lipinski definition) is 4.